The van der Waals surface area contributed by atoms with Crippen molar-refractivity contribution in [3.8, 4) is 0 Å². The Labute approximate surface area is 121 Å². The molecule has 1 unspecified atom stereocenters. The molecule has 20 heavy (non-hydrogen) atoms. The van der Waals surface area contributed by atoms with Crippen LogP contribution in [0.1, 0.15) is 39.7 Å². The molecule has 1 aliphatic carbocycles. The normalized spacial score (nSPS) is 17.5. The van der Waals surface area contributed by atoms with Gasteiger partial charge in [0.25, 0.3) is 5.91 Å². The summed E-state index contributed by atoms with van der Waals surface area (Å²) in [5, 5.41) is 5.45. The van der Waals surface area contributed by atoms with Crippen molar-refractivity contribution < 1.29 is 4.79 Å². The Morgan fingerprint density at radius 1 is 1.50 bits per heavy atom. The number of fused-ring (bicyclic) bond motifs is 1. The minimum atomic E-state index is -0.520. The second-order valence-electron chi connectivity index (χ2n) is 4.92. The highest BCUT2D eigenvalue weighted by Crippen LogP contribution is 2.35. The number of nitrogen functional groups attached to an aromatic ring is 1. The number of pyridine rings is 1. The van der Waals surface area contributed by atoms with Crippen molar-refractivity contribution in [3.63, 3.8) is 0 Å². The molecule has 0 saturated carbocycles. The lowest BCUT2D eigenvalue weighted by atomic mass is 9.94. The summed E-state index contributed by atoms with van der Waals surface area (Å²) in [5.74, 6) is -0.00981. The summed E-state index contributed by atoms with van der Waals surface area (Å²) < 4.78 is 0. The lowest BCUT2D eigenvalue weighted by Crippen LogP contribution is -2.20. The summed E-state index contributed by atoms with van der Waals surface area (Å²) >= 11 is 1.78. The van der Waals surface area contributed by atoms with Crippen molar-refractivity contribution in [2.24, 2.45) is 5.73 Å². The van der Waals surface area contributed by atoms with E-state index in [0.29, 0.717) is 17.1 Å². The van der Waals surface area contributed by atoms with E-state index >= 15 is 0 Å². The number of rotatable bonds is 3. The van der Waals surface area contributed by atoms with Crippen molar-refractivity contribution in [1.29, 1.82) is 0 Å². The zero-order valence-corrected chi connectivity index (χ0v) is 11.7. The van der Waals surface area contributed by atoms with E-state index in [2.05, 4.69) is 21.7 Å². The van der Waals surface area contributed by atoms with E-state index in [9.17, 15) is 4.79 Å². The van der Waals surface area contributed by atoms with Crippen LogP contribution >= 0.6 is 11.3 Å². The molecule has 1 atom stereocenters. The van der Waals surface area contributed by atoms with E-state index in [0.717, 1.165) is 19.3 Å². The minimum absolute atomic E-state index is 0.180. The second-order valence-corrected chi connectivity index (χ2v) is 5.92. The molecule has 1 amide bonds. The van der Waals surface area contributed by atoms with Gasteiger partial charge in [-0.05, 0) is 42.3 Å². The summed E-state index contributed by atoms with van der Waals surface area (Å²) in [6, 6.07) is 3.88. The standard InChI is InChI=1S/C14H16N4OS/c15-8-6-10(13(16)19)14(17-7-8)18-11-2-1-3-12-9(11)4-5-20-12/h4-7,11H,1-3,15H2,(H2,16,19)(H,17,18). The van der Waals surface area contributed by atoms with Crippen molar-refractivity contribution in [1.82, 2.24) is 4.98 Å². The molecule has 0 bridgehead atoms. The Balaban J connectivity index is 1.92. The number of carbonyl (C=O) groups excluding carboxylic acids is 1. The summed E-state index contributed by atoms with van der Waals surface area (Å²) in [4.78, 5) is 17.1. The summed E-state index contributed by atoms with van der Waals surface area (Å²) in [5.41, 5.74) is 13.1. The zero-order chi connectivity index (χ0) is 14.1. The molecule has 0 radical (unpaired) electrons. The first kappa shape index (κ1) is 12.9. The molecule has 0 aromatic carbocycles. The molecule has 0 spiro atoms. The molecular formula is C14H16N4OS. The van der Waals surface area contributed by atoms with Crippen molar-refractivity contribution in [3.05, 3.63) is 39.7 Å². The molecule has 2 aromatic heterocycles. The maximum Gasteiger partial charge on any atom is 0.252 e. The smallest absolute Gasteiger partial charge is 0.252 e. The highest BCUT2D eigenvalue weighted by Gasteiger charge is 2.23. The highest BCUT2D eigenvalue weighted by atomic mass is 32.1. The van der Waals surface area contributed by atoms with Gasteiger partial charge in [-0.15, -0.1) is 11.3 Å². The second kappa shape index (κ2) is 5.13. The van der Waals surface area contributed by atoms with Gasteiger partial charge in [0.2, 0.25) is 0 Å². The third-order valence-corrected chi connectivity index (χ3v) is 4.53. The topological polar surface area (TPSA) is 94.0 Å². The largest absolute Gasteiger partial charge is 0.397 e. The van der Waals surface area contributed by atoms with Crippen LogP contribution in [-0.4, -0.2) is 10.9 Å². The number of nitrogens with zero attached hydrogens (tertiary/aromatic N) is 1. The maximum atomic E-state index is 11.5. The Hall–Kier alpha value is -2.08. The van der Waals surface area contributed by atoms with Crippen LogP contribution in [0.4, 0.5) is 11.5 Å². The molecule has 0 aliphatic heterocycles. The van der Waals surface area contributed by atoms with Gasteiger partial charge in [-0.2, -0.15) is 0 Å². The molecule has 1 aliphatic rings. The molecule has 3 rings (SSSR count). The molecule has 5 nitrogen and oxygen atoms in total. The van der Waals surface area contributed by atoms with Crippen LogP contribution in [0.3, 0.4) is 0 Å². The summed E-state index contributed by atoms with van der Waals surface area (Å²) in [6.45, 7) is 0. The maximum absolute atomic E-state index is 11.5. The zero-order valence-electron chi connectivity index (χ0n) is 10.9. The van der Waals surface area contributed by atoms with Crippen LogP contribution in [0.25, 0.3) is 0 Å². The van der Waals surface area contributed by atoms with E-state index in [1.807, 2.05) is 0 Å². The van der Waals surface area contributed by atoms with Gasteiger partial charge in [-0.1, -0.05) is 0 Å². The van der Waals surface area contributed by atoms with Gasteiger partial charge in [0, 0.05) is 4.88 Å². The Bertz CT molecular complexity index is 652. The summed E-state index contributed by atoms with van der Waals surface area (Å²) in [6.07, 6.45) is 4.81. The van der Waals surface area contributed by atoms with Crippen LogP contribution in [0.5, 0.6) is 0 Å². The van der Waals surface area contributed by atoms with E-state index < -0.39 is 5.91 Å². The molecular weight excluding hydrogens is 272 g/mol. The first-order chi connectivity index (χ1) is 9.65. The van der Waals surface area contributed by atoms with Gasteiger partial charge in [0.15, 0.2) is 0 Å². The number of aromatic nitrogens is 1. The molecule has 0 saturated heterocycles. The first-order valence-corrected chi connectivity index (χ1v) is 7.41. The Morgan fingerprint density at radius 3 is 3.15 bits per heavy atom. The SMILES string of the molecule is NC(=O)c1cc(N)cnc1NC1CCCc2sccc21. The number of nitrogens with one attached hydrogen (secondary N) is 1. The van der Waals surface area contributed by atoms with E-state index in [4.69, 9.17) is 11.5 Å². The van der Waals surface area contributed by atoms with Crippen LogP contribution < -0.4 is 16.8 Å². The monoisotopic (exact) mass is 288 g/mol. The number of nitrogens with two attached hydrogens (primary N) is 2. The van der Waals surface area contributed by atoms with Crippen LogP contribution in [-0.2, 0) is 6.42 Å². The fourth-order valence-corrected chi connectivity index (χ4v) is 3.57. The van der Waals surface area contributed by atoms with Gasteiger partial charge in [0.05, 0.1) is 23.5 Å². The van der Waals surface area contributed by atoms with E-state index in [-0.39, 0.29) is 6.04 Å². The number of hydrogen-bond donors (Lipinski definition) is 3. The third kappa shape index (κ3) is 2.34. The Kier molecular flexibility index (Phi) is 3.31. The third-order valence-electron chi connectivity index (χ3n) is 3.54. The predicted molar refractivity (Wildman–Crippen MR) is 80.8 cm³/mol. The van der Waals surface area contributed by atoms with Gasteiger partial charge in [0.1, 0.15) is 5.82 Å². The molecule has 2 heterocycles. The molecule has 2 aromatic rings. The van der Waals surface area contributed by atoms with Crippen molar-refractivity contribution in [2.45, 2.75) is 25.3 Å². The molecule has 5 N–H and O–H groups in total. The van der Waals surface area contributed by atoms with Crippen LogP contribution in [0, 0.1) is 0 Å². The number of aryl methyl sites for hydroxylation is 1. The number of thiophene rings is 1. The Morgan fingerprint density at radius 2 is 2.35 bits per heavy atom. The predicted octanol–water partition coefficient (Wildman–Crippen LogP) is 2.31. The van der Waals surface area contributed by atoms with E-state index in [1.54, 1.807) is 17.4 Å². The van der Waals surface area contributed by atoms with Crippen molar-refractivity contribution in [2.75, 3.05) is 11.1 Å². The number of carbonyl (C=O) groups is 1. The average Bonchev–Trinajstić information content (AvgIpc) is 2.90. The lowest BCUT2D eigenvalue weighted by Gasteiger charge is -2.25. The van der Waals surface area contributed by atoms with Crippen LogP contribution in [0.2, 0.25) is 0 Å². The molecule has 6 heteroatoms. The van der Waals surface area contributed by atoms with E-state index in [1.165, 1.54) is 16.6 Å². The quantitative estimate of drug-likeness (QED) is 0.807. The minimum Gasteiger partial charge on any atom is -0.397 e. The van der Waals surface area contributed by atoms with Gasteiger partial charge >= 0.3 is 0 Å². The fourth-order valence-electron chi connectivity index (χ4n) is 2.59. The lowest BCUT2D eigenvalue weighted by molar-refractivity contribution is 0.100. The number of amides is 1. The highest BCUT2D eigenvalue weighted by molar-refractivity contribution is 7.10. The fraction of sp³-hybridized carbons (Fsp3) is 0.286. The number of primary amides is 1. The van der Waals surface area contributed by atoms with Crippen LogP contribution in [0.15, 0.2) is 23.7 Å². The number of anilines is 2. The summed E-state index contributed by atoms with van der Waals surface area (Å²) in [7, 11) is 0. The van der Waals surface area contributed by atoms with Gasteiger partial charge in [-0.25, -0.2) is 4.98 Å². The first-order valence-electron chi connectivity index (χ1n) is 6.53. The number of hydrogen-bond acceptors (Lipinski definition) is 5. The van der Waals surface area contributed by atoms with Gasteiger partial charge in [-0.3, -0.25) is 4.79 Å². The average molecular weight is 288 g/mol. The van der Waals surface area contributed by atoms with Crippen molar-refractivity contribution >= 4 is 28.7 Å². The molecule has 0 fully saturated rings. The molecule has 104 valence electrons. The van der Waals surface area contributed by atoms with Gasteiger partial charge < -0.3 is 16.8 Å².